The van der Waals surface area contributed by atoms with E-state index in [2.05, 4.69) is 31.0 Å². The number of nitrogens with one attached hydrogen (secondary N) is 1. The van der Waals surface area contributed by atoms with E-state index in [4.69, 9.17) is 23.2 Å². The smallest absolute Gasteiger partial charge is 0.0465 e. The van der Waals surface area contributed by atoms with Crippen LogP contribution in [0.4, 0.5) is 0 Å². The number of nitrogens with zero attached hydrogens (tertiary/aromatic N) is 1. The first-order valence-electron chi connectivity index (χ1n) is 7.93. The van der Waals surface area contributed by atoms with E-state index >= 15 is 0 Å². The summed E-state index contributed by atoms with van der Waals surface area (Å²) >= 11 is 12.7. The van der Waals surface area contributed by atoms with Gasteiger partial charge in [0.2, 0.25) is 0 Å². The van der Waals surface area contributed by atoms with Crippen molar-refractivity contribution in [1.29, 1.82) is 0 Å². The van der Waals surface area contributed by atoms with Crippen molar-refractivity contribution >= 4 is 23.2 Å². The number of hydrogen-bond acceptors (Lipinski definition) is 2. The van der Waals surface area contributed by atoms with E-state index in [0.29, 0.717) is 18.0 Å². The summed E-state index contributed by atoms with van der Waals surface area (Å²) in [6.45, 7) is 9.85. The fourth-order valence-electron chi connectivity index (χ4n) is 2.93. The summed E-state index contributed by atoms with van der Waals surface area (Å²) in [5.74, 6) is 0.680. The van der Waals surface area contributed by atoms with Crippen molar-refractivity contribution in [1.82, 2.24) is 10.2 Å². The maximum atomic E-state index is 6.34. The highest BCUT2D eigenvalue weighted by molar-refractivity contribution is 6.35. The molecule has 3 unspecified atom stereocenters. The number of rotatable bonds is 4. The van der Waals surface area contributed by atoms with Crippen LogP contribution in [0.1, 0.15) is 39.2 Å². The van der Waals surface area contributed by atoms with Crippen molar-refractivity contribution in [3.05, 3.63) is 33.8 Å². The first kappa shape index (κ1) is 17.1. The number of benzene rings is 1. The van der Waals surface area contributed by atoms with Gasteiger partial charge < -0.3 is 5.32 Å². The van der Waals surface area contributed by atoms with Crippen LogP contribution in [0.2, 0.25) is 10.0 Å². The summed E-state index contributed by atoms with van der Waals surface area (Å²) in [5.41, 5.74) is 1.05. The minimum atomic E-state index is 0.541. The minimum absolute atomic E-state index is 0.541. The summed E-state index contributed by atoms with van der Waals surface area (Å²) in [6.07, 6.45) is 2.36. The summed E-state index contributed by atoms with van der Waals surface area (Å²) in [7, 11) is 0. The zero-order valence-electron chi connectivity index (χ0n) is 13.2. The summed E-state index contributed by atoms with van der Waals surface area (Å²) in [4.78, 5) is 2.52. The van der Waals surface area contributed by atoms with E-state index in [1.54, 1.807) is 0 Å². The van der Waals surface area contributed by atoms with Crippen LogP contribution in [0.25, 0.3) is 0 Å². The molecule has 21 heavy (non-hydrogen) atoms. The van der Waals surface area contributed by atoms with Gasteiger partial charge >= 0.3 is 0 Å². The average Bonchev–Trinajstić information content (AvgIpc) is 2.64. The molecule has 0 radical (unpaired) electrons. The van der Waals surface area contributed by atoms with E-state index < -0.39 is 0 Å². The minimum Gasteiger partial charge on any atom is -0.312 e. The second kappa shape index (κ2) is 7.82. The quantitative estimate of drug-likeness (QED) is 0.869. The van der Waals surface area contributed by atoms with E-state index in [1.165, 1.54) is 6.42 Å². The Balaban J connectivity index is 2.15. The Bertz CT molecular complexity index is 444. The summed E-state index contributed by atoms with van der Waals surface area (Å²) in [5, 5.41) is 5.24. The van der Waals surface area contributed by atoms with Crippen molar-refractivity contribution in [2.24, 2.45) is 5.92 Å². The molecular formula is C17H26Cl2N2. The van der Waals surface area contributed by atoms with Gasteiger partial charge in [0, 0.05) is 40.8 Å². The predicted octanol–water partition coefficient (Wildman–Crippen LogP) is 4.59. The van der Waals surface area contributed by atoms with Crippen LogP contribution in [-0.2, 0) is 6.54 Å². The van der Waals surface area contributed by atoms with E-state index in [9.17, 15) is 0 Å². The van der Waals surface area contributed by atoms with Gasteiger partial charge in [0.25, 0.3) is 0 Å². The molecule has 0 spiro atoms. The Hall–Kier alpha value is -0.280. The molecule has 1 aromatic rings. The lowest BCUT2D eigenvalue weighted by molar-refractivity contribution is 0.180. The lowest BCUT2D eigenvalue weighted by Gasteiger charge is -2.31. The largest absolute Gasteiger partial charge is 0.312 e. The molecule has 0 bridgehead atoms. The van der Waals surface area contributed by atoms with Crippen molar-refractivity contribution in [3.8, 4) is 0 Å². The average molecular weight is 329 g/mol. The van der Waals surface area contributed by atoms with Gasteiger partial charge in [-0.2, -0.15) is 0 Å². The monoisotopic (exact) mass is 328 g/mol. The van der Waals surface area contributed by atoms with E-state index in [-0.39, 0.29) is 0 Å². The third-order valence-corrected chi connectivity index (χ3v) is 5.49. The second-order valence-electron chi connectivity index (χ2n) is 6.21. The zero-order chi connectivity index (χ0) is 15.4. The molecule has 4 heteroatoms. The van der Waals surface area contributed by atoms with Crippen LogP contribution < -0.4 is 5.32 Å². The summed E-state index contributed by atoms with van der Waals surface area (Å²) in [6, 6.07) is 6.84. The highest BCUT2D eigenvalue weighted by Crippen LogP contribution is 2.27. The lowest BCUT2D eigenvalue weighted by Crippen LogP contribution is -2.43. The molecule has 3 atom stereocenters. The standard InChI is InChI=1S/C17H26Cl2N2/c1-4-12(2)17-11-21(13(3)8-9-20-17)10-14-15(18)6-5-7-16(14)19/h5-7,12-13,17,20H,4,8-11H2,1-3H3. The highest BCUT2D eigenvalue weighted by atomic mass is 35.5. The van der Waals surface area contributed by atoms with Crippen molar-refractivity contribution in [3.63, 3.8) is 0 Å². The number of hydrogen-bond donors (Lipinski definition) is 1. The van der Waals surface area contributed by atoms with Gasteiger partial charge in [-0.3, -0.25) is 4.90 Å². The van der Waals surface area contributed by atoms with Crippen molar-refractivity contribution in [2.75, 3.05) is 13.1 Å². The maximum absolute atomic E-state index is 6.34. The molecule has 118 valence electrons. The van der Waals surface area contributed by atoms with Crippen molar-refractivity contribution in [2.45, 2.75) is 52.2 Å². The summed E-state index contributed by atoms with van der Waals surface area (Å²) < 4.78 is 0. The Morgan fingerprint density at radius 2 is 2.00 bits per heavy atom. The van der Waals surface area contributed by atoms with Gasteiger partial charge in [-0.15, -0.1) is 0 Å². The molecule has 1 aliphatic rings. The lowest BCUT2D eigenvalue weighted by atomic mass is 9.98. The van der Waals surface area contributed by atoms with Crippen LogP contribution in [0.15, 0.2) is 18.2 Å². The third-order valence-electron chi connectivity index (χ3n) is 4.78. The van der Waals surface area contributed by atoms with Crippen LogP contribution >= 0.6 is 23.2 Å². The molecule has 1 fully saturated rings. The van der Waals surface area contributed by atoms with Crippen LogP contribution in [0, 0.1) is 5.92 Å². The molecule has 0 amide bonds. The highest BCUT2D eigenvalue weighted by Gasteiger charge is 2.26. The van der Waals surface area contributed by atoms with Gasteiger partial charge in [-0.05, 0) is 37.9 Å². The van der Waals surface area contributed by atoms with Gasteiger partial charge in [0.1, 0.15) is 0 Å². The van der Waals surface area contributed by atoms with Crippen LogP contribution in [-0.4, -0.2) is 30.1 Å². The first-order chi connectivity index (χ1) is 10.0. The maximum Gasteiger partial charge on any atom is 0.0465 e. The van der Waals surface area contributed by atoms with Gasteiger partial charge in [0.05, 0.1) is 0 Å². The van der Waals surface area contributed by atoms with Crippen molar-refractivity contribution < 1.29 is 0 Å². The van der Waals surface area contributed by atoms with E-state index in [1.807, 2.05) is 18.2 Å². The van der Waals surface area contributed by atoms with Crippen LogP contribution in [0.3, 0.4) is 0 Å². The normalized spacial score (nSPS) is 25.6. The Kier molecular flexibility index (Phi) is 6.36. The molecule has 1 saturated heterocycles. The Labute approximate surface area is 138 Å². The molecular weight excluding hydrogens is 303 g/mol. The van der Waals surface area contributed by atoms with Gasteiger partial charge in [0.15, 0.2) is 0 Å². The molecule has 2 nitrogen and oxygen atoms in total. The fourth-order valence-corrected chi connectivity index (χ4v) is 3.45. The molecule has 2 rings (SSSR count). The fraction of sp³-hybridized carbons (Fsp3) is 0.647. The molecule has 1 aliphatic heterocycles. The first-order valence-corrected chi connectivity index (χ1v) is 8.68. The molecule has 0 saturated carbocycles. The molecule has 1 heterocycles. The molecule has 0 aromatic heterocycles. The van der Waals surface area contributed by atoms with Crippen LogP contribution in [0.5, 0.6) is 0 Å². The van der Waals surface area contributed by atoms with Gasteiger partial charge in [-0.1, -0.05) is 49.5 Å². The Morgan fingerprint density at radius 3 is 2.62 bits per heavy atom. The zero-order valence-corrected chi connectivity index (χ0v) is 14.7. The molecule has 1 aromatic carbocycles. The predicted molar refractivity (Wildman–Crippen MR) is 92.2 cm³/mol. The van der Waals surface area contributed by atoms with E-state index in [0.717, 1.165) is 41.7 Å². The molecule has 0 aliphatic carbocycles. The third kappa shape index (κ3) is 4.35. The topological polar surface area (TPSA) is 15.3 Å². The number of halogens is 2. The second-order valence-corrected chi connectivity index (χ2v) is 7.03. The molecule has 1 N–H and O–H groups in total. The Morgan fingerprint density at radius 1 is 1.33 bits per heavy atom. The van der Waals surface area contributed by atoms with Gasteiger partial charge in [-0.25, -0.2) is 0 Å². The SMILES string of the molecule is CCC(C)C1CN(Cc2c(Cl)cccc2Cl)C(C)CCN1.